The second kappa shape index (κ2) is 2.80. The number of hydrogen-bond donors (Lipinski definition) is 0. The highest BCUT2D eigenvalue weighted by molar-refractivity contribution is 5.74. The normalized spacial score (nSPS) is 23.5. The number of carbonyl (C=O) groups excluding carboxylic acids is 1. The Morgan fingerprint density at radius 2 is 2.09 bits per heavy atom. The largest absolute Gasteiger partial charge is 0.298 e. The predicted molar refractivity (Wildman–Crippen MR) is 46.4 cm³/mol. The molecule has 0 aliphatic heterocycles. The van der Waals surface area contributed by atoms with Crippen LogP contribution >= 0.6 is 0 Å². The highest BCUT2D eigenvalue weighted by Gasteiger charge is 2.24. The topological polar surface area (TPSA) is 17.1 Å². The standard InChI is InChI=1S/C10H16O/c1-8-4-5-10(2,3)6-9(8)7-11/h7H,4-6H2,1-3H3. The molecule has 0 aromatic rings. The minimum Gasteiger partial charge on any atom is -0.298 e. The van der Waals surface area contributed by atoms with Crippen LogP contribution in [0.4, 0.5) is 0 Å². The molecular formula is C10H16O. The Balaban J connectivity index is 2.81. The first-order valence-electron chi connectivity index (χ1n) is 4.19. The molecule has 1 aliphatic carbocycles. The Morgan fingerprint density at radius 1 is 1.45 bits per heavy atom. The molecule has 0 saturated carbocycles. The van der Waals surface area contributed by atoms with Gasteiger partial charge in [0.1, 0.15) is 6.29 Å². The molecule has 1 rings (SSSR count). The van der Waals surface area contributed by atoms with Crippen LogP contribution in [-0.2, 0) is 4.79 Å². The maximum absolute atomic E-state index is 10.6. The van der Waals surface area contributed by atoms with Gasteiger partial charge in [-0.3, -0.25) is 4.79 Å². The zero-order valence-electron chi connectivity index (χ0n) is 7.61. The summed E-state index contributed by atoms with van der Waals surface area (Å²) >= 11 is 0. The van der Waals surface area contributed by atoms with Gasteiger partial charge in [-0.2, -0.15) is 0 Å². The second-order valence-electron chi connectivity index (χ2n) is 4.26. The van der Waals surface area contributed by atoms with E-state index in [-0.39, 0.29) is 0 Å². The van der Waals surface area contributed by atoms with Gasteiger partial charge in [-0.15, -0.1) is 0 Å². The number of hydrogen-bond acceptors (Lipinski definition) is 1. The maximum Gasteiger partial charge on any atom is 0.145 e. The fraction of sp³-hybridized carbons (Fsp3) is 0.700. The van der Waals surface area contributed by atoms with Crippen molar-refractivity contribution in [1.29, 1.82) is 0 Å². The van der Waals surface area contributed by atoms with Crippen molar-refractivity contribution >= 4 is 6.29 Å². The Morgan fingerprint density at radius 3 is 2.55 bits per heavy atom. The number of rotatable bonds is 1. The maximum atomic E-state index is 10.6. The van der Waals surface area contributed by atoms with Gasteiger partial charge >= 0.3 is 0 Å². The van der Waals surface area contributed by atoms with Crippen molar-refractivity contribution in [3.63, 3.8) is 0 Å². The van der Waals surface area contributed by atoms with Crippen molar-refractivity contribution in [1.82, 2.24) is 0 Å². The van der Waals surface area contributed by atoms with E-state index in [0.29, 0.717) is 5.41 Å². The van der Waals surface area contributed by atoms with Crippen LogP contribution in [0.5, 0.6) is 0 Å². The van der Waals surface area contributed by atoms with Crippen molar-refractivity contribution in [2.75, 3.05) is 0 Å². The summed E-state index contributed by atoms with van der Waals surface area (Å²) in [5.41, 5.74) is 2.66. The summed E-state index contributed by atoms with van der Waals surface area (Å²) in [6.45, 7) is 6.52. The van der Waals surface area contributed by atoms with E-state index in [1.54, 1.807) is 0 Å². The first kappa shape index (κ1) is 8.51. The van der Waals surface area contributed by atoms with Crippen LogP contribution in [0.2, 0.25) is 0 Å². The van der Waals surface area contributed by atoms with Crippen molar-refractivity contribution in [3.05, 3.63) is 11.1 Å². The molecule has 0 unspecified atom stereocenters. The molecule has 0 spiro atoms. The second-order valence-corrected chi connectivity index (χ2v) is 4.26. The Kier molecular flexibility index (Phi) is 2.17. The molecule has 1 aliphatic rings. The first-order valence-corrected chi connectivity index (χ1v) is 4.19. The fourth-order valence-corrected chi connectivity index (χ4v) is 1.58. The summed E-state index contributed by atoms with van der Waals surface area (Å²) in [5, 5.41) is 0. The molecule has 0 atom stereocenters. The van der Waals surface area contributed by atoms with E-state index in [1.165, 1.54) is 12.0 Å². The lowest BCUT2D eigenvalue weighted by atomic mass is 9.75. The van der Waals surface area contributed by atoms with Gasteiger partial charge in [0.25, 0.3) is 0 Å². The minimum absolute atomic E-state index is 0.343. The SMILES string of the molecule is CC1=C(C=O)CC(C)(C)CC1. The van der Waals surface area contributed by atoms with Gasteiger partial charge in [0.2, 0.25) is 0 Å². The third-order valence-corrected chi connectivity index (χ3v) is 2.54. The molecule has 0 N–H and O–H groups in total. The van der Waals surface area contributed by atoms with Gasteiger partial charge < -0.3 is 0 Å². The van der Waals surface area contributed by atoms with Crippen LogP contribution in [0, 0.1) is 5.41 Å². The van der Waals surface area contributed by atoms with Crippen LogP contribution in [-0.4, -0.2) is 6.29 Å². The van der Waals surface area contributed by atoms with Crippen LogP contribution in [0.15, 0.2) is 11.1 Å². The third-order valence-electron chi connectivity index (χ3n) is 2.54. The predicted octanol–water partition coefficient (Wildman–Crippen LogP) is 2.71. The Bertz CT molecular complexity index is 199. The molecule has 0 heterocycles. The number of aldehydes is 1. The molecule has 11 heavy (non-hydrogen) atoms. The average molecular weight is 152 g/mol. The highest BCUT2D eigenvalue weighted by atomic mass is 16.1. The lowest BCUT2D eigenvalue weighted by Gasteiger charge is -2.30. The number of carbonyl (C=O) groups is 1. The summed E-state index contributed by atoms with van der Waals surface area (Å²) in [7, 11) is 0. The van der Waals surface area contributed by atoms with Crippen LogP contribution < -0.4 is 0 Å². The van der Waals surface area contributed by atoms with E-state index in [9.17, 15) is 4.79 Å². The van der Waals surface area contributed by atoms with Crippen molar-refractivity contribution in [3.8, 4) is 0 Å². The van der Waals surface area contributed by atoms with E-state index in [2.05, 4.69) is 20.8 Å². The zero-order chi connectivity index (χ0) is 8.48. The van der Waals surface area contributed by atoms with Gasteiger partial charge in [0.15, 0.2) is 0 Å². The van der Waals surface area contributed by atoms with Gasteiger partial charge in [0, 0.05) is 0 Å². The molecule has 1 heteroatoms. The van der Waals surface area contributed by atoms with Gasteiger partial charge in [-0.25, -0.2) is 0 Å². The van der Waals surface area contributed by atoms with Crippen molar-refractivity contribution in [2.45, 2.75) is 40.0 Å². The van der Waals surface area contributed by atoms with Crippen molar-refractivity contribution in [2.24, 2.45) is 5.41 Å². The molecular weight excluding hydrogens is 136 g/mol. The quantitative estimate of drug-likeness (QED) is 0.528. The smallest absolute Gasteiger partial charge is 0.145 e. The molecule has 62 valence electrons. The van der Waals surface area contributed by atoms with Crippen molar-refractivity contribution < 1.29 is 4.79 Å². The molecule has 0 bridgehead atoms. The zero-order valence-corrected chi connectivity index (χ0v) is 7.61. The first-order chi connectivity index (χ1) is 5.05. The fourth-order valence-electron chi connectivity index (χ4n) is 1.58. The summed E-state index contributed by atoms with van der Waals surface area (Å²) in [6, 6.07) is 0. The Labute approximate surface area is 68.5 Å². The van der Waals surface area contributed by atoms with Gasteiger partial charge in [-0.1, -0.05) is 19.4 Å². The summed E-state index contributed by atoms with van der Waals surface area (Å²) in [6.07, 6.45) is 4.30. The van der Waals surface area contributed by atoms with E-state index < -0.39 is 0 Å². The lowest BCUT2D eigenvalue weighted by Crippen LogP contribution is -2.18. The van der Waals surface area contributed by atoms with Gasteiger partial charge in [0.05, 0.1) is 0 Å². The van der Waals surface area contributed by atoms with Crippen LogP contribution in [0.3, 0.4) is 0 Å². The molecule has 0 aromatic heterocycles. The van der Waals surface area contributed by atoms with E-state index in [4.69, 9.17) is 0 Å². The summed E-state index contributed by atoms with van der Waals surface area (Å²) in [5.74, 6) is 0. The average Bonchev–Trinajstić information content (AvgIpc) is 1.94. The molecule has 0 aromatic carbocycles. The van der Waals surface area contributed by atoms with E-state index >= 15 is 0 Å². The highest BCUT2D eigenvalue weighted by Crippen LogP contribution is 2.37. The third kappa shape index (κ3) is 1.92. The lowest BCUT2D eigenvalue weighted by molar-refractivity contribution is -0.105. The van der Waals surface area contributed by atoms with E-state index in [0.717, 1.165) is 24.7 Å². The van der Waals surface area contributed by atoms with Crippen LogP contribution in [0.25, 0.3) is 0 Å². The van der Waals surface area contributed by atoms with Crippen LogP contribution in [0.1, 0.15) is 40.0 Å². The Hall–Kier alpha value is -0.590. The molecule has 0 amide bonds. The molecule has 0 fully saturated rings. The summed E-state index contributed by atoms with van der Waals surface area (Å²) < 4.78 is 0. The monoisotopic (exact) mass is 152 g/mol. The minimum atomic E-state index is 0.343. The molecule has 1 nitrogen and oxygen atoms in total. The van der Waals surface area contributed by atoms with E-state index in [1.807, 2.05) is 0 Å². The molecule has 0 saturated heterocycles. The number of allylic oxidation sites excluding steroid dienone is 2. The molecule has 0 radical (unpaired) electrons. The van der Waals surface area contributed by atoms with Gasteiger partial charge in [-0.05, 0) is 37.2 Å². The summed E-state index contributed by atoms with van der Waals surface area (Å²) in [4.78, 5) is 10.6.